The van der Waals surface area contributed by atoms with Crippen molar-refractivity contribution in [1.82, 2.24) is 0 Å². The maximum atomic E-state index is 12.0. The fourth-order valence-electron chi connectivity index (χ4n) is 2.44. The summed E-state index contributed by atoms with van der Waals surface area (Å²) in [5, 5.41) is 2.97. The van der Waals surface area contributed by atoms with Crippen LogP contribution in [0.15, 0.2) is 18.2 Å². The van der Waals surface area contributed by atoms with E-state index < -0.39 is 0 Å². The lowest BCUT2D eigenvalue weighted by atomic mass is 9.86. The van der Waals surface area contributed by atoms with Crippen molar-refractivity contribution < 1.29 is 4.79 Å². The molecule has 1 aromatic carbocycles. The molecule has 1 aliphatic rings. The second-order valence-electron chi connectivity index (χ2n) is 6.18. The van der Waals surface area contributed by atoms with E-state index in [1.807, 2.05) is 18.0 Å². The van der Waals surface area contributed by atoms with Gasteiger partial charge in [-0.15, -0.1) is 0 Å². The van der Waals surface area contributed by atoms with E-state index in [2.05, 4.69) is 38.2 Å². The predicted octanol–water partition coefficient (Wildman–Crippen LogP) is 2.09. The zero-order chi connectivity index (χ0) is 14.2. The third kappa shape index (κ3) is 2.59. The molecule has 0 saturated heterocycles. The van der Waals surface area contributed by atoms with E-state index in [0.29, 0.717) is 13.0 Å². The fourth-order valence-corrected chi connectivity index (χ4v) is 2.44. The van der Waals surface area contributed by atoms with E-state index in [-0.39, 0.29) is 17.4 Å². The second kappa shape index (κ2) is 4.85. The van der Waals surface area contributed by atoms with Crippen LogP contribution in [0.3, 0.4) is 0 Å². The number of anilines is 2. The van der Waals surface area contributed by atoms with Gasteiger partial charge in [-0.2, -0.15) is 0 Å². The first kappa shape index (κ1) is 13.9. The molecular formula is C15H23N3O. The lowest BCUT2D eigenvalue weighted by Gasteiger charge is -2.36. The van der Waals surface area contributed by atoms with Gasteiger partial charge in [0.1, 0.15) is 6.04 Å². The molecule has 0 spiro atoms. The minimum absolute atomic E-state index is 0.0314. The summed E-state index contributed by atoms with van der Waals surface area (Å²) in [5.41, 5.74) is 8.92. The van der Waals surface area contributed by atoms with Crippen molar-refractivity contribution in [2.24, 2.45) is 5.73 Å². The first-order valence-corrected chi connectivity index (χ1v) is 6.73. The zero-order valence-corrected chi connectivity index (χ0v) is 12.2. The van der Waals surface area contributed by atoms with Gasteiger partial charge in [-0.25, -0.2) is 0 Å². The number of benzene rings is 1. The van der Waals surface area contributed by atoms with Crippen LogP contribution in [0, 0.1) is 0 Å². The van der Waals surface area contributed by atoms with Crippen LogP contribution in [0.25, 0.3) is 0 Å². The molecule has 2 rings (SSSR count). The number of rotatable bonds is 2. The Kier molecular flexibility index (Phi) is 3.54. The molecule has 104 valence electrons. The number of likely N-dealkylation sites (N-methyl/N-ethyl adjacent to an activating group) is 1. The molecule has 1 unspecified atom stereocenters. The highest BCUT2D eigenvalue weighted by Crippen LogP contribution is 2.35. The molecule has 3 N–H and O–H groups in total. The number of hydrogen-bond acceptors (Lipinski definition) is 3. The summed E-state index contributed by atoms with van der Waals surface area (Å²) in [6.07, 6.45) is 0.668. The van der Waals surface area contributed by atoms with Crippen molar-refractivity contribution in [2.45, 2.75) is 38.6 Å². The number of carbonyl (C=O) groups is 1. The molecule has 1 atom stereocenters. The van der Waals surface area contributed by atoms with Crippen LogP contribution >= 0.6 is 0 Å². The number of hydrogen-bond donors (Lipinski definition) is 2. The van der Waals surface area contributed by atoms with Crippen LogP contribution in [-0.4, -0.2) is 25.5 Å². The highest BCUT2D eigenvalue weighted by molar-refractivity contribution is 6.03. The molecule has 1 heterocycles. The monoisotopic (exact) mass is 261 g/mol. The van der Waals surface area contributed by atoms with Crippen LogP contribution in [0.5, 0.6) is 0 Å². The zero-order valence-electron chi connectivity index (χ0n) is 12.2. The molecule has 0 aromatic heterocycles. The van der Waals surface area contributed by atoms with Crippen LogP contribution in [0.1, 0.15) is 32.8 Å². The average molecular weight is 261 g/mol. The van der Waals surface area contributed by atoms with Gasteiger partial charge in [-0.05, 0) is 36.1 Å². The molecule has 19 heavy (non-hydrogen) atoms. The SMILES string of the molecule is CN1c2cc(C(C)(C)C)ccc2NC(=O)C1CCN. The van der Waals surface area contributed by atoms with Crippen LogP contribution in [0.4, 0.5) is 11.4 Å². The molecule has 1 amide bonds. The lowest BCUT2D eigenvalue weighted by molar-refractivity contribution is -0.117. The minimum Gasteiger partial charge on any atom is -0.361 e. The van der Waals surface area contributed by atoms with Crippen LogP contribution in [-0.2, 0) is 10.2 Å². The second-order valence-corrected chi connectivity index (χ2v) is 6.18. The first-order valence-electron chi connectivity index (χ1n) is 6.73. The summed E-state index contributed by atoms with van der Waals surface area (Å²) >= 11 is 0. The normalized spacial score (nSPS) is 19.1. The minimum atomic E-state index is -0.173. The topological polar surface area (TPSA) is 58.4 Å². The quantitative estimate of drug-likeness (QED) is 0.857. The van der Waals surface area contributed by atoms with E-state index in [1.54, 1.807) is 0 Å². The van der Waals surface area contributed by atoms with E-state index in [9.17, 15) is 4.79 Å². The van der Waals surface area contributed by atoms with Gasteiger partial charge in [0.05, 0.1) is 11.4 Å². The van der Waals surface area contributed by atoms with Crippen molar-refractivity contribution in [1.29, 1.82) is 0 Å². The highest BCUT2D eigenvalue weighted by atomic mass is 16.2. The summed E-state index contributed by atoms with van der Waals surface area (Å²) in [4.78, 5) is 14.1. The smallest absolute Gasteiger partial charge is 0.247 e. The Morgan fingerprint density at radius 2 is 2.05 bits per heavy atom. The Hall–Kier alpha value is -1.55. The largest absolute Gasteiger partial charge is 0.361 e. The van der Waals surface area contributed by atoms with Crippen LogP contribution in [0.2, 0.25) is 0 Å². The molecule has 0 saturated carbocycles. The molecule has 4 nitrogen and oxygen atoms in total. The molecule has 0 bridgehead atoms. The number of amides is 1. The third-order valence-corrected chi connectivity index (χ3v) is 3.71. The summed E-state index contributed by atoms with van der Waals surface area (Å²) in [5.74, 6) is 0.0314. The fraction of sp³-hybridized carbons (Fsp3) is 0.533. The molecule has 4 heteroatoms. The Balaban J connectivity index is 2.42. The van der Waals surface area contributed by atoms with Crippen molar-refractivity contribution in [3.05, 3.63) is 23.8 Å². The van der Waals surface area contributed by atoms with Gasteiger partial charge in [0, 0.05) is 7.05 Å². The number of nitrogens with zero attached hydrogens (tertiary/aromatic N) is 1. The van der Waals surface area contributed by atoms with Gasteiger partial charge in [-0.3, -0.25) is 4.79 Å². The van der Waals surface area contributed by atoms with Crippen LogP contribution < -0.4 is 16.0 Å². The van der Waals surface area contributed by atoms with Gasteiger partial charge < -0.3 is 16.0 Å². The molecule has 0 radical (unpaired) electrons. The summed E-state index contributed by atoms with van der Waals surface area (Å²) in [7, 11) is 1.96. The van der Waals surface area contributed by atoms with E-state index in [0.717, 1.165) is 11.4 Å². The molecule has 0 aliphatic carbocycles. The molecule has 1 aromatic rings. The first-order chi connectivity index (χ1) is 8.84. The average Bonchev–Trinajstić information content (AvgIpc) is 2.33. The van der Waals surface area contributed by atoms with Gasteiger partial charge in [0.2, 0.25) is 5.91 Å². The Bertz CT molecular complexity index is 491. The predicted molar refractivity (Wildman–Crippen MR) is 79.6 cm³/mol. The van der Waals surface area contributed by atoms with Gasteiger partial charge in [0.15, 0.2) is 0 Å². The number of nitrogens with two attached hydrogens (primary N) is 1. The summed E-state index contributed by atoms with van der Waals surface area (Å²) < 4.78 is 0. The lowest BCUT2D eigenvalue weighted by Crippen LogP contribution is -2.47. The summed E-state index contributed by atoms with van der Waals surface area (Å²) in [6, 6.07) is 6.06. The maximum absolute atomic E-state index is 12.0. The Morgan fingerprint density at radius 1 is 1.37 bits per heavy atom. The van der Waals surface area contributed by atoms with Crippen molar-refractivity contribution in [3.63, 3.8) is 0 Å². The Morgan fingerprint density at radius 3 is 2.63 bits per heavy atom. The van der Waals surface area contributed by atoms with Gasteiger partial charge in [0.25, 0.3) is 0 Å². The molecular weight excluding hydrogens is 238 g/mol. The number of fused-ring (bicyclic) bond motifs is 1. The van der Waals surface area contributed by atoms with E-state index >= 15 is 0 Å². The van der Waals surface area contributed by atoms with Crippen molar-refractivity contribution in [2.75, 3.05) is 23.8 Å². The van der Waals surface area contributed by atoms with Gasteiger partial charge in [-0.1, -0.05) is 26.8 Å². The standard InChI is InChI=1S/C15H23N3O/c1-15(2,3)10-5-6-11-13(9-10)18(4)12(7-8-16)14(19)17-11/h5-6,9,12H,7-8,16H2,1-4H3,(H,17,19). The van der Waals surface area contributed by atoms with Crippen molar-refractivity contribution >= 4 is 17.3 Å². The molecule has 1 aliphatic heterocycles. The van der Waals surface area contributed by atoms with E-state index in [4.69, 9.17) is 5.73 Å². The maximum Gasteiger partial charge on any atom is 0.247 e. The molecule has 0 fully saturated rings. The van der Waals surface area contributed by atoms with E-state index in [1.165, 1.54) is 5.56 Å². The summed E-state index contributed by atoms with van der Waals surface area (Å²) in [6.45, 7) is 7.07. The third-order valence-electron chi connectivity index (χ3n) is 3.71. The van der Waals surface area contributed by atoms with Gasteiger partial charge >= 0.3 is 0 Å². The Labute approximate surface area is 115 Å². The highest BCUT2D eigenvalue weighted by Gasteiger charge is 2.30. The number of nitrogens with one attached hydrogen (secondary N) is 1. The van der Waals surface area contributed by atoms with Crippen molar-refractivity contribution in [3.8, 4) is 0 Å². The number of carbonyl (C=O) groups excluding carboxylic acids is 1.